The third-order valence-corrected chi connectivity index (χ3v) is 5.27. The van der Waals surface area contributed by atoms with Gasteiger partial charge < -0.3 is 25.0 Å². The number of hydrogen-bond acceptors (Lipinski definition) is 4. The number of halogens is 2. The highest BCUT2D eigenvalue weighted by Crippen LogP contribution is 2.22. The Kier molecular flexibility index (Phi) is 8.91. The number of nitrogens with zero attached hydrogens (tertiary/aromatic N) is 3. The molecule has 2 fully saturated rings. The van der Waals surface area contributed by atoms with Crippen LogP contribution < -0.4 is 10.2 Å². The number of nitrogens with one attached hydrogen (secondary N) is 1. The fourth-order valence-corrected chi connectivity index (χ4v) is 3.59. The van der Waals surface area contributed by atoms with Gasteiger partial charge in [-0.3, -0.25) is 4.99 Å². The number of aliphatic imine (C=N–C) groups is 1. The maximum Gasteiger partial charge on any atom is 0.194 e. The summed E-state index contributed by atoms with van der Waals surface area (Å²) in [4.78, 5) is 9.35. The molecular formula is C19H30ClIN4O2. The molecule has 0 bridgehead atoms. The number of benzene rings is 1. The predicted molar refractivity (Wildman–Crippen MR) is 122 cm³/mol. The van der Waals surface area contributed by atoms with Crippen LogP contribution >= 0.6 is 35.6 Å². The minimum absolute atomic E-state index is 0. The van der Waals surface area contributed by atoms with E-state index in [0.717, 1.165) is 49.4 Å². The van der Waals surface area contributed by atoms with Gasteiger partial charge in [-0.2, -0.15) is 0 Å². The monoisotopic (exact) mass is 508 g/mol. The van der Waals surface area contributed by atoms with Crippen LogP contribution in [0.25, 0.3) is 0 Å². The van der Waals surface area contributed by atoms with Gasteiger partial charge in [-0.05, 0) is 25.1 Å². The normalized spacial score (nSPS) is 20.2. The van der Waals surface area contributed by atoms with E-state index >= 15 is 0 Å². The van der Waals surface area contributed by atoms with E-state index in [0.29, 0.717) is 32.6 Å². The van der Waals surface area contributed by atoms with Crippen molar-refractivity contribution in [1.29, 1.82) is 0 Å². The summed E-state index contributed by atoms with van der Waals surface area (Å²) in [5.41, 5.74) is 0.428. The van der Waals surface area contributed by atoms with Crippen LogP contribution in [0.2, 0.25) is 5.02 Å². The molecule has 8 heteroatoms. The van der Waals surface area contributed by atoms with Gasteiger partial charge in [0.1, 0.15) is 0 Å². The summed E-state index contributed by atoms with van der Waals surface area (Å²) >= 11 is 6.11. The van der Waals surface area contributed by atoms with Crippen molar-refractivity contribution < 1.29 is 9.84 Å². The Morgan fingerprint density at radius 2 is 1.96 bits per heavy atom. The molecule has 27 heavy (non-hydrogen) atoms. The molecule has 1 aromatic carbocycles. The number of anilines is 1. The van der Waals surface area contributed by atoms with Gasteiger partial charge in [0.15, 0.2) is 5.96 Å². The van der Waals surface area contributed by atoms with Crippen LogP contribution in [-0.2, 0) is 4.74 Å². The van der Waals surface area contributed by atoms with Crippen molar-refractivity contribution >= 4 is 47.2 Å². The molecule has 1 aromatic rings. The van der Waals surface area contributed by atoms with Gasteiger partial charge in [-0.1, -0.05) is 17.7 Å². The van der Waals surface area contributed by atoms with Gasteiger partial charge in [-0.25, -0.2) is 0 Å². The molecule has 2 aliphatic heterocycles. The third kappa shape index (κ3) is 6.37. The molecule has 0 aromatic heterocycles. The summed E-state index contributed by atoms with van der Waals surface area (Å²) in [5.74, 6) is 0.887. The Balaban J connectivity index is 0.00000261. The van der Waals surface area contributed by atoms with Crippen LogP contribution in [0.3, 0.4) is 0 Å². The number of ether oxygens (including phenoxy) is 1. The van der Waals surface area contributed by atoms with Crippen LogP contribution in [0.1, 0.15) is 19.8 Å². The number of rotatable bonds is 4. The van der Waals surface area contributed by atoms with Crippen molar-refractivity contribution in [2.45, 2.75) is 25.4 Å². The van der Waals surface area contributed by atoms with E-state index in [1.54, 1.807) is 0 Å². The van der Waals surface area contributed by atoms with Crippen molar-refractivity contribution in [2.75, 3.05) is 57.4 Å². The summed E-state index contributed by atoms with van der Waals surface area (Å²) in [6, 6.07) is 8.00. The Bertz CT molecular complexity index is 617. The maximum atomic E-state index is 10.6. The Morgan fingerprint density at radius 3 is 2.59 bits per heavy atom. The molecule has 0 unspecified atom stereocenters. The summed E-state index contributed by atoms with van der Waals surface area (Å²) in [5, 5.41) is 14.8. The average Bonchev–Trinajstić information content (AvgIpc) is 2.66. The van der Waals surface area contributed by atoms with Gasteiger partial charge in [0.05, 0.1) is 12.1 Å². The lowest BCUT2D eigenvalue weighted by atomic mass is 9.95. The van der Waals surface area contributed by atoms with E-state index < -0.39 is 5.60 Å². The van der Waals surface area contributed by atoms with E-state index in [-0.39, 0.29) is 24.0 Å². The molecule has 2 saturated heterocycles. The zero-order valence-corrected chi connectivity index (χ0v) is 19.0. The number of piperazine rings is 1. The summed E-state index contributed by atoms with van der Waals surface area (Å²) in [6.45, 7) is 8.15. The van der Waals surface area contributed by atoms with Crippen molar-refractivity contribution in [3.8, 4) is 0 Å². The third-order valence-electron chi connectivity index (χ3n) is 5.03. The lowest BCUT2D eigenvalue weighted by molar-refractivity contribution is -0.0566. The molecule has 0 atom stereocenters. The van der Waals surface area contributed by atoms with Crippen molar-refractivity contribution in [1.82, 2.24) is 10.2 Å². The highest BCUT2D eigenvalue weighted by molar-refractivity contribution is 14.0. The second kappa shape index (κ2) is 10.7. The van der Waals surface area contributed by atoms with Crippen LogP contribution in [0.15, 0.2) is 29.3 Å². The molecule has 3 rings (SSSR count). The summed E-state index contributed by atoms with van der Waals surface area (Å²) < 4.78 is 5.35. The zero-order chi connectivity index (χ0) is 18.4. The first-order valence-corrected chi connectivity index (χ1v) is 9.81. The molecule has 2 N–H and O–H groups in total. The van der Waals surface area contributed by atoms with E-state index in [1.165, 1.54) is 0 Å². The van der Waals surface area contributed by atoms with E-state index in [1.807, 2.05) is 18.2 Å². The minimum Gasteiger partial charge on any atom is -0.388 e. The van der Waals surface area contributed by atoms with E-state index in [2.05, 4.69) is 28.1 Å². The highest BCUT2D eigenvalue weighted by atomic mass is 127. The first kappa shape index (κ1) is 22.5. The highest BCUT2D eigenvalue weighted by Gasteiger charge is 2.30. The second-order valence-corrected chi connectivity index (χ2v) is 7.40. The topological polar surface area (TPSA) is 60.3 Å². The number of guanidine groups is 1. The van der Waals surface area contributed by atoms with Crippen molar-refractivity contribution in [3.63, 3.8) is 0 Å². The fraction of sp³-hybridized carbons (Fsp3) is 0.632. The fourth-order valence-electron chi connectivity index (χ4n) is 3.41. The number of hydrogen-bond donors (Lipinski definition) is 2. The quantitative estimate of drug-likeness (QED) is 0.372. The minimum atomic E-state index is -0.735. The van der Waals surface area contributed by atoms with Gasteiger partial charge in [0, 0.05) is 69.5 Å². The molecular weight excluding hydrogens is 479 g/mol. The molecule has 152 valence electrons. The van der Waals surface area contributed by atoms with Gasteiger partial charge >= 0.3 is 0 Å². The van der Waals surface area contributed by atoms with Crippen molar-refractivity contribution in [3.05, 3.63) is 29.3 Å². The molecule has 0 radical (unpaired) electrons. The van der Waals surface area contributed by atoms with Gasteiger partial charge in [-0.15, -0.1) is 24.0 Å². The van der Waals surface area contributed by atoms with Gasteiger partial charge in [0.25, 0.3) is 0 Å². The smallest absolute Gasteiger partial charge is 0.194 e. The zero-order valence-electron chi connectivity index (χ0n) is 15.9. The van der Waals surface area contributed by atoms with Crippen LogP contribution in [0.4, 0.5) is 5.69 Å². The second-order valence-electron chi connectivity index (χ2n) is 6.96. The average molecular weight is 509 g/mol. The predicted octanol–water partition coefficient (Wildman–Crippen LogP) is 2.59. The molecule has 2 heterocycles. The Labute approximate surface area is 183 Å². The Hall–Kier alpha value is -0.770. The molecule has 0 saturated carbocycles. The van der Waals surface area contributed by atoms with Gasteiger partial charge in [0.2, 0.25) is 0 Å². The molecule has 0 aliphatic carbocycles. The first-order valence-electron chi connectivity index (χ1n) is 9.43. The SMILES string of the molecule is CCNC(=NCC1(O)CCOCC1)N1CCN(c2cccc(Cl)c2)CC1.I. The maximum absolute atomic E-state index is 10.6. The largest absolute Gasteiger partial charge is 0.388 e. The first-order chi connectivity index (χ1) is 12.6. The Morgan fingerprint density at radius 1 is 1.26 bits per heavy atom. The molecule has 0 spiro atoms. The lowest BCUT2D eigenvalue weighted by Gasteiger charge is -2.38. The van der Waals surface area contributed by atoms with Crippen molar-refractivity contribution in [2.24, 2.45) is 4.99 Å². The number of aliphatic hydroxyl groups is 1. The van der Waals surface area contributed by atoms with Crippen LogP contribution in [-0.4, -0.2) is 74.0 Å². The molecule has 6 nitrogen and oxygen atoms in total. The summed E-state index contributed by atoms with van der Waals surface area (Å²) in [6.07, 6.45) is 1.30. The lowest BCUT2D eigenvalue weighted by Crippen LogP contribution is -2.53. The standard InChI is InChI=1S/C19H29ClN4O2.HI/c1-2-21-18(22-15-19(25)6-12-26-13-7-19)24-10-8-23(9-11-24)17-5-3-4-16(20)14-17;/h3-5,14,25H,2,6-13,15H2,1H3,(H,21,22);1H. The summed E-state index contributed by atoms with van der Waals surface area (Å²) in [7, 11) is 0. The van der Waals surface area contributed by atoms with Crippen LogP contribution in [0, 0.1) is 0 Å². The molecule has 0 amide bonds. The molecule has 2 aliphatic rings. The van der Waals surface area contributed by atoms with E-state index in [4.69, 9.17) is 21.3 Å². The van der Waals surface area contributed by atoms with E-state index in [9.17, 15) is 5.11 Å². The van der Waals surface area contributed by atoms with Crippen LogP contribution in [0.5, 0.6) is 0 Å².